The zero-order valence-corrected chi connectivity index (χ0v) is 20.8. The van der Waals surface area contributed by atoms with E-state index in [4.69, 9.17) is 13.7 Å². The van der Waals surface area contributed by atoms with Gasteiger partial charge in [0.05, 0.1) is 25.4 Å². The fourth-order valence-corrected chi connectivity index (χ4v) is 5.01. The van der Waals surface area contributed by atoms with Crippen molar-refractivity contribution in [3.8, 4) is 17.2 Å². The maximum absolute atomic E-state index is 12.7. The van der Waals surface area contributed by atoms with Crippen molar-refractivity contribution in [3.63, 3.8) is 0 Å². The van der Waals surface area contributed by atoms with Gasteiger partial charge in [-0.1, -0.05) is 35.9 Å². The molecule has 3 atom stereocenters. The summed E-state index contributed by atoms with van der Waals surface area (Å²) >= 11 is 0. The van der Waals surface area contributed by atoms with Crippen LogP contribution in [0.3, 0.4) is 0 Å². The lowest BCUT2D eigenvalue weighted by molar-refractivity contribution is -0.146. The number of rotatable bonds is 8. The molecule has 4 rings (SSSR count). The van der Waals surface area contributed by atoms with E-state index in [2.05, 4.69) is 0 Å². The molecule has 2 N–H and O–H groups in total. The molecule has 1 aliphatic rings. The Morgan fingerprint density at radius 2 is 1.69 bits per heavy atom. The first kappa shape index (κ1) is 25.7. The Kier molecular flexibility index (Phi) is 7.63. The third-order valence-corrected chi connectivity index (χ3v) is 7.31. The van der Waals surface area contributed by atoms with Gasteiger partial charge in [0, 0.05) is 19.3 Å². The number of Topliss-reactive ketones (excluding diaryl/α,β-unsaturated/α-hetero) is 1. The molecule has 0 radical (unpaired) electrons. The summed E-state index contributed by atoms with van der Waals surface area (Å²) in [5.74, 6) is 0.256. The molecular formula is C27H28O8S. The molecule has 3 aromatic carbocycles. The van der Waals surface area contributed by atoms with E-state index < -0.39 is 28.4 Å². The van der Waals surface area contributed by atoms with Crippen molar-refractivity contribution in [1.29, 1.82) is 0 Å². The van der Waals surface area contributed by atoms with Crippen molar-refractivity contribution in [2.24, 2.45) is 0 Å². The lowest BCUT2D eigenvalue weighted by Crippen LogP contribution is -2.38. The molecule has 0 aliphatic carbocycles. The van der Waals surface area contributed by atoms with Gasteiger partial charge < -0.3 is 23.9 Å². The van der Waals surface area contributed by atoms with E-state index in [9.17, 15) is 23.4 Å². The number of benzene rings is 3. The molecule has 0 unspecified atom stereocenters. The fraction of sp³-hybridized carbons (Fsp3) is 0.296. The summed E-state index contributed by atoms with van der Waals surface area (Å²) in [7, 11) is -2.69. The number of ether oxygens (including phenoxy) is 2. The van der Waals surface area contributed by atoms with Crippen LogP contribution in [-0.2, 0) is 26.1 Å². The Morgan fingerprint density at radius 1 is 1.00 bits per heavy atom. The first-order valence-corrected chi connectivity index (χ1v) is 12.9. The van der Waals surface area contributed by atoms with Crippen molar-refractivity contribution < 1.29 is 37.1 Å². The summed E-state index contributed by atoms with van der Waals surface area (Å²) in [6.07, 6.45) is -1.81. The summed E-state index contributed by atoms with van der Waals surface area (Å²) in [5.41, 5.74) is 2.32. The molecule has 0 saturated carbocycles. The second-order valence-electron chi connectivity index (χ2n) is 8.81. The fourth-order valence-electron chi connectivity index (χ4n) is 4.07. The second kappa shape index (κ2) is 10.7. The van der Waals surface area contributed by atoms with Gasteiger partial charge in [-0.25, -0.2) is 0 Å². The molecular weight excluding hydrogens is 484 g/mol. The maximum Gasteiger partial charge on any atom is 0.339 e. The van der Waals surface area contributed by atoms with Gasteiger partial charge in [0.1, 0.15) is 16.4 Å². The first-order chi connectivity index (χ1) is 17.1. The Labute approximate surface area is 210 Å². The van der Waals surface area contributed by atoms with Crippen LogP contribution in [0.1, 0.15) is 35.6 Å². The van der Waals surface area contributed by atoms with Crippen molar-refractivity contribution >= 4 is 15.9 Å². The number of phenols is 1. The molecule has 0 bridgehead atoms. The minimum absolute atomic E-state index is 0.00729. The Balaban J connectivity index is 1.50. The van der Waals surface area contributed by atoms with Crippen LogP contribution in [0.15, 0.2) is 71.6 Å². The zero-order chi connectivity index (χ0) is 25.9. The van der Waals surface area contributed by atoms with Gasteiger partial charge in [0.15, 0.2) is 11.5 Å². The van der Waals surface area contributed by atoms with Gasteiger partial charge in [-0.2, -0.15) is 8.42 Å². The number of carbonyl (C=O) groups is 1. The topological polar surface area (TPSA) is 119 Å². The van der Waals surface area contributed by atoms with Crippen LogP contribution in [0.25, 0.3) is 0 Å². The molecule has 0 spiro atoms. The van der Waals surface area contributed by atoms with Crippen LogP contribution in [0.5, 0.6) is 17.2 Å². The summed E-state index contributed by atoms with van der Waals surface area (Å²) < 4.78 is 42.2. The molecule has 0 amide bonds. The molecule has 3 aromatic rings. The van der Waals surface area contributed by atoms with Crippen molar-refractivity contribution in [3.05, 3.63) is 83.4 Å². The molecule has 1 saturated heterocycles. The van der Waals surface area contributed by atoms with Crippen LogP contribution in [-0.4, -0.2) is 43.7 Å². The molecule has 1 fully saturated rings. The monoisotopic (exact) mass is 512 g/mol. The third-order valence-electron chi connectivity index (χ3n) is 6.06. The largest absolute Gasteiger partial charge is 0.508 e. The highest BCUT2D eigenvalue weighted by molar-refractivity contribution is 7.87. The number of aliphatic hydroxyl groups is 1. The molecule has 36 heavy (non-hydrogen) atoms. The van der Waals surface area contributed by atoms with E-state index in [1.807, 2.05) is 6.92 Å². The number of hydrogen-bond donors (Lipinski definition) is 2. The summed E-state index contributed by atoms with van der Waals surface area (Å²) in [6, 6.07) is 17.4. The predicted molar refractivity (Wildman–Crippen MR) is 132 cm³/mol. The molecule has 8 nitrogen and oxygen atoms in total. The predicted octanol–water partition coefficient (Wildman–Crippen LogP) is 3.87. The Hall–Kier alpha value is -3.40. The number of ketones is 1. The van der Waals surface area contributed by atoms with Crippen molar-refractivity contribution in [2.75, 3.05) is 7.11 Å². The number of phenolic OH excluding ortho intramolecular Hbond substituents is 1. The third kappa shape index (κ3) is 6.04. The van der Waals surface area contributed by atoms with Gasteiger partial charge in [-0.05, 0) is 54.4 Å². The standard InChI is InChI=1S/C27H28O8S/c1-17-3-10-22(11-4-17)36(31,32)35-24-12-7-19(14-27(24)33-2)25-15-21(29)16-26(34-25)23(30)13-18-5-8-20(28)9-6-18/h3-12,14,23,25-26,28,30H,13,15-16H2,1-2H3/t23-,25+,26-/m0/s1. The van der Waals surface area contributed by atoms with Crippen LogP contribution in [0.2, 0.25) is 0 Å². The Bertz CT molecular complexity index is 1320. The average molecular weight is 513 g/mol. The van der Waals surface area contributed by atoms with E-state index in [1.165, 1.54) is 37.4 Å². The van der Waals surface area contributed by atoms with E-state index >= 15 is 0 Å². The number of aromatic hydroxyl groups is 1. The van der Waals surface area contributed by atoms with E-state index in [1.54, 1.807) is 36.4 Å². The molecule has 1 heterocycles. The highest BCUT2D eigenvalue weighted by Crippen LogP contribution is 2.37. The van der Waals surface area contributed by atoms with Gasteiger partial charge in [-0.15, -0.1) is 0 Å². The molecule has 0 aromatic heterocycles. The average Bonchev–Trinajstić information content (AvgIpc) is 2.85. The second-order valence-corrected chi connectivity index (χ2v) is 10.4. The van der Waals surface area contributed by atoms with Crippen molar-refractivity contribution in [2.45, 2.75) is 49.4 Å². The minimum Gasteiger partial charge on any atom is -0.508 e. The molecule has 9 heteroatoms. The number of carbonyl (C=O) groups excluding carboxylic acids is 1. The number of aliphatic hydroxyl groups excluding tert-OH is 1. The van der Waals surface area contributed by atoms with Crippen LogP contribution >= 0.6 is 0 Å². The molecule has 1 aliphatic heterocycles. The van der Waals surface area contributed by atoms with Gasteiger partial charge in [-0.3, -0.25) is 4.79 Å². The van der Waals surface area contributed by atoms with Gasteiger partial charge in [0.2, 0.25) is 0 Å². The Morgan fingerprint density at radius 3 is 2.36 bits per heavy atom. The summed E-state index contributed by atoms with van der Waals surface area (Å²) in [6.45, 7) is 1.86. The maximum atomic E-state index is 12.7. The summed E-state index contributed by atoms with van der Waals surface area (Å²) in [4.78, 5) is 12.5. The van der Waals surface area contributed by atoms with Gasteiger partial charge in [0.25, 0.3) is 0 Å². The minimum atomic E-state index is -4.08. The van der Waals surface area contributed by atoms with Crippen LogP contribution in [0, 0.1) is 6.92 Å². The van der Waals surface area contributed by atoms with Crippen LogP contribution < -0.4 is 8.92 Å². The van der Waals surface area contributed by atoms with Crippen LogP contribution in [0.4, 0.5) is 0 Å². The number of aryl methyl sites for hydroxylation is 1. The summed E-state index contributed by atoms with van der Waals surface area (Å²) in [5, 5.41) is 20.2. The number of methoxy groups -OCH3 is 1. The smallest absolute Gasteiger partial charge is 0.339 e. The van der Waals surface area contributed by atoms with Gasteiger partial charge >= 0.3 is 10.1 Å². The normalized spacial score (nSPS) is 19.0. The first-order valence-electron chi connectivity index (χ1n) is 11.5. The SMILES string of the molecule is COc1cc([C@H]2CC(=O)C[C@@H]([C@@H](O)Cc3ccc(O)cc3)O2)ccc1OS(=O)(=O)c1ccc(C)cc1. The zero-order valence-electron chi connectivity index (χ0n) is 20.0. The highest BCUT2D eigenvalue weighted by Gasteiger charge is 2.34. The van der Waals surface area contributed by atoms with E-state index in [-0.39, 0.29) is 47.2 Å². The van der Waals surface area contributed by atoms with Crippen molar-refractivity contribution in [1.82, 2.24) is 0 Å². The van der Waals surface area contributed by atoms with E-state index in [0.717, 1.165) is 11.1 Å². The molecule has 190 valence electrons. The van der Waals surface area contributed by atoms with E-state index in [0.29, 0.717) is 5.56 Å². The lowest BCUT2D eigenvalue weighted by Gasteiger charge is -2.32. The quantitative estimate of drug-likeness (QED) is 0.437. The lowest BCUT2D eigenvalue weighted by atomic mass is 9.93. The highest BCUT2D eigenvalue weighted by atomic mass is 32.2. The number of hydrogen-bond acceptors (Lipinski definition) is 8.